The SMILES string of the molecule is COc1cc(CCCN2CCCC2)cc(C(F)(F)F)c1OC. The predicted octanol–water partition coefficient (Wildman–Crippen LogP) is 3.75. The Labute approximate surface area is 129 Å². The van der Waals surface area contributed by atoms with Gasteiger partial charge in [0.1, 0.15) is 5.56 Å². The smallest absolute Gasteiger partial charge is 0.420 e. The van der Waals surface area contributed by atoms with Gasteiger partial charge in [0.15, 0.2) is 11.5 Å². The molecule has 0 radical (unpaired) electrons. The molecule has 0 amide bonds. The zero-order valence-corrected chi connectivity index (χ0v) is 13.0. The standard InChI is InChI=1S/C16H22F3NO2/c1-21-14-11-12(6-5-9-20-7-3-4-8-20)10-13(15(14)22-2)16(17,18)19/h10-11H,3-9H2,1-2H3. The minimum absolute atomic E-state index is 0.133. The van der Waals surface area contributed by atoms with E-state index in [0.717, 1.165) is 26.1 Å². The molecule has 0 N–H and O–H groups in total. The van der Waals surface area contributed by atoms with Crippen molar-refractivity contribution in [2.75, 3.05) is 33.9 Å². The number of methoxy groups -OCH3 is 2. The van der Waals surface area contributed by atoms with E-state index in [0.29, 0.717) is 12.0 Å². The zero-order valence-electron chi connectivity index (χ0n) is 13.0. The van der Waals surface area contributed by atoms with E-state index in [9.17, 15) is 13.2 Å². The molecule has 0 aromatic heterocycles. The van der Waals surface area contributed by atoms with E-state index in [4.69, 9.17) is 9.47 Å². The van der Waals surface area contributed by atoms with Crippen LogP contribution in [0.5, 0.6) is 11.5 Å². The average molecular weight is 317 g/mol. The van der Waals surface area contributed by atoms with Gasteiger partial charge in [-0.2, -0.15) is 13.2 Å². The number of aryl methyl sites for hydroxylation is 1. The quantitative estimate of drug-likeness (QED) is 0.797. The molecule has 1 fully saturated rings. The number of halogens is 3. The number of benzene rings is 1. The molecule has 3 nitrogen and oxygen atoms in total. The summed E-state index contributed by atoms with van der Waals surface area (Å²) in [6.45, 7) is 3.12. The van der Waals surface area contributed by atoms with Crippen LogP contribution in [0, 0.1) is 0 Å². The fraction of sp³-hybridized carbons (Fsp3) is 0.625. The van der Waals surface area contributed by atoms with Gasteiger partial charge < -0.3 is 14.4 Å². The lowest BCUT2D eigenvalue weighted by atomic mass is 10.0. The van der Waals surface area contributed by atoms with Gasteiger partial charge in [0.2, 0.25) is 0 Å². The monoisotopic (exact) mass is 317 g/mol. The molecule has 0 spiro atoms. The lowest BCUT2D eigenvalue weighted by molar-refractivity contribution is -0.138. The molecular weight excluding hydrogens is 295 g/mol. The Morgan fingerprint density at radius 1 is 1.09 bits per heavy atom. The van der Waals surface area contributed by atoms with Gasteiger partial charge in [-0.15, -0.1) is 0 Å². The second-order valence-electron chi connectivity index (χ2n) is 5.53. The van der Waals surface area contributed by atoms with Crippen molar-refractivity contribution in [1.29, 1.82) is 0 Å². The highest BCUT2D eigenvalue weighted by atomic mass is 19.4. The number of hydrogen-bond donors (Lipinski definition) is 0. The first-order valence-corrected chi connectivity index (χ1v) is 7.50. The highest BCUT2D eigenvalue weighted by Gasteiger charge is 2.36. The summed E-state index contributed by atoms with van der Waals surface area (Å²) in [7, 11) is 2.58. The molecule has 0 saturated carbocycles. The summed E-state index contributed by atoms with van der Waals surface area (Å²) >= 11 is 0. The van der Waals surface area contributed by atoms with Crippen LogP contribution in [0.2, 0.25) is 0 Å². The molecule has 0 unspecified atom stereocenters. The molecule has 22 heavy (non-hydrogen) atoms. The van der Waals surface area contributed by atoms with Crippen LogP contribution >= 0.6 is 0 Å². The van der Waals surface area contributed by atoms with E-state index < -0.39 is 11.7 Å². The first kappa shape index (κ1) is 16.9. The normalized spacial score (nSPS) is 16.0. The van der Waals surface area contributed by atoms with E-state index in [2.05, 4.69) is 4.90 Å². The Morgan fingerprint density at radius 2 is 1.77 bits per heavy atom. The van der Waals surface area contributed by atoms with Crippen molar-refractivity contribution in [2.24, 2.45) is 0 Å². The lowest BCUT2D eigenvalue weighted by Gasteiger charge is -2.18. The van der Waals surface area contributed by atoms with Gasteiger partial charge in [-0.3, -0.25) is 0 Å². The number of nitrogens with zero attached hydrogens (tertiary/aromatic N) is 1. The maximum Gasteiger partial charge on any atom is 0.420 e. The van der Waals surface area contributed by atoms with Crippen LogP contribution in [0.25, 0.3) is 0 Å². The molecule has 1 saturated heterocycles. The number of rotatable bonds is 6. The molecule has 6 heteroatoms. The largest absolute Gasteiger partial charge is 0.493 e. The Kier molecular flexibility index (Phi) is 5.56. The van der Waals surface area contributed by atoms with E-state index >= 15 is 0 Å². The van der Waals surface area contributed by atoms with Crippen molar-refractivity contribution >= 4 is 0 Å². The highest BCUT2D eigenvalue weighted by molar-refractivity contribution is 5.50. The van der Waals surface area contributed by atoms with Crippen LogP contribution < -0.4 is 9.47 Å². The molecule has 1 aromatic rings. The molecule has 1 heterocycles. The van der Waals surface area contributed by atoms with Crippen molar-refractivity contribution in [3.8, 4) is 11.5 Å². The summed E-state index contributed by atoms with van der Waals surface area (Å²) in [4.78, 5) is 2.35. The van der Waals surface area contributed by atoms with Crippen molar-refractivity contribution in [2.45, 2.75) is 31.9 Å². The van der Waals surface area contributed by atoms with Gasteiger partial charge in [-0.05, 0) is 63.0 Å². The Bertz CT molecular complexity index is 497. The summed E-state index contributed by atoms with van der Waals surface area (Å²) in [5.74, 6) is -0.119. The van der Waals surface area contributed by atoms with Crippen LogP contribution in [0.3, 0.4) is 0 Å². The molecule has 0 aliphatic carbocycles. The van der Waals surface area contributed by atoms with Gasteiger partial charge in [0.05, 0.1) is 14.2 Å². The molecule has 1 aromatic carbocycles. The third-order valence-electron chi connectivity index (χ3n) is 3.98. The summed E-state index contributed by atoms with van der Waals surface area (Å²) in [5.41, 5.74) is -0.144. The van der Waals surface area contributed by atoms with E-state index in [1.54, 1.807) is 6.07 Å². The van der Waals surface area contributed by atoms with E-state index in [1.807, 2.05) is 0 Å². The number of ether oxygens (including phenoxy) is 2. The van der Waals surface area contributed by atoms with Crippen LogP contribution in [-0.2, 0) is 12.6 Å². The second kappa shape index (κ2) is 7.22. The van der Waals surface area contributed by atoms with Crippen LogP contribution in [0.15, 0.2) is 12.1 Å². The van der Waals surface area contributed by atoms with Crippen LogP contribution in [0.1, 0.15) is 30.4 Å². The molecular formula is C16H22F3NO2. The fourth-order valence-corrected chi connectivity index (χ4v) is 2.89. The van der Waals surface area contributed by atoms with E-state index in [1.165, 1.54) is 33.1 Å². The molecule has 124 valence electrons. The third kappa shape index (κ3) is 4.06. The average Bonchev–Trinajstić information content (AvgIpc) is 2.98. The van der Waals surface area contributed by atoms with Crippen molar-refractivity contribution in [3.63, 3.8) is 0 Å². The van der Waals surface area contributed by atoms with E-state index in [-0.39, 0.29) is 11.5 Å². The number of hydrogen-bond acceptors (Lipinski definition) is 3. The Hall–Kier alpha value is -1.43. The van der Waals surface area contributed by atoms with Crippen LogP contribution in [0.4, 0.5) is 13.2 Å². The van der Waals surface area contributed by atoms with Gasteiger partial charge in [-0.25, -0.2) is 0 Å². The fourth-order valence-electron chi connectivity index (χ4n) is 2.89. The molecule has 2 rings (SSSR count). The van der Waals surface area contributed by atoms with Gasteiger partial charge in [-0.1, -0.05) is 0 Å². The van der Waals surface area contributed by atoms with Crippen molar-refractivity contribution in [3.05, 3.63) is 23.3 Å². The molecule has 0 atom stereocenters. The Balaban J connectivity index is 2.13. The topological polar surface area (TPSA) is 21.7 Å². The Morgan fingerprint density at radius 3 is 2.32 bits per heavy atom. The van der Waals surface area contributed by atoms with Gasteiger partial charge in [0, 0.05) is 0 Å². The second-order valence-corrected chi connectivity index (χ2v) is 5.53. The predicted molar refractivity (Wildman–Crippen MR) is 78.5 cm³/mol. The maximum atomic E-state index is 13.2. The molecule has 1 aliphatic heterocycles. The minimum atomic E-state index is -4.45. The summed E-state index contributed by atoms with van der Waals surface area (Å²) < 4.78 is 49.4. The number of likely N-dealkylation sites (tertiary alicyclic amines) is 1. The summed E-state index contributed by atoms with van der Waals surface area (Å²) in [6.07, 6.45) is -0.584. The first-order valence-electron chi connectivity index (χ1n) is 7.50. The summed E-state index contributed by atoms with van der Waals surface area (Å²) in [6, 6.07) is 2.81. The first-order chi connectivity index (χ1) is 10.5. The molecule has 0 bridgehead atoms. The van der Waals surface area contributed by atoms with Crippen molar-refractivity contribution < 1.29 is 22.6 Å². The summed E-state index contributed by atoms with van der Waals surface area (Å²) in [5, 5.41) is 0. The van der Waals surface area contributed by atoms with Gasteiger partial charge in [0.25, 0.3) is 0 Å². The maximum absolute atomic E-state index is 13.2. The zero-order chi connectivity index (χ0) is 16.2. The van der Waals surface area contributed by atoms with Crippen molar-refractivity contribution in [1.82, 2.24) is 4.90 Å². The minimum Gasteiger partial charge on any atom is -0.493 e. The highest BCUT2D eigenvalue weighted by Crippen LogP contribution is 2.42. The van der Waals surface area contributed by atoms with Crippen LogP contribution in [-0.4, -0.2) is 38.8 Å². The lowest BCUT2D eigenvalue weighted by Crippen LogP contribution is -2.20. The number of alkyl halides is 3. The van der Waals surface area contributed by atoms with Gasteiger partial charge >= 0.3 is 6.18 Å². The third-order valence-corrected chi connectivity index (χ3v) is 3.98. The molecule has 1 aliphatic rings.